The lowest BCUT2D eigenvalue weighted by Gasteiger charge is -2.29. The number of halogens is 1. The number of rotatable bonds is 8. The van der Waals surface area contributed by atoms with Crippen LogP contribution in [0.2, 0.25) is 0 Å². The molecule has 1 aromatic rings. The van der Waals surface area contributed by atoms with E-state index in [2.05, 4.69) is 26.3 Å². The quantitative estimate of drug-likeness (QED) is 0.753. The molecule has 5 nitrogen and oxygen atoms in total. The third-order valence-electron chi connectivity index (χ3n) is 2.62. The molecule has 0 aliphatic rings. The fraction of sp³-hybridized carbons (Fsp3) is 0.727. The number of aliphatic hydroxyl groups excluding tert-OH is 1. The first-order chi connectivity index (χ1) is 8.09. The van der Waals surface area contributed by atoms with Crippen molar-refractivity contribution >= 4 is 15.9 Å². The molecular weight excluding hydrogens is 286 g/mol. The number of nitrogens with zero attached hydrogens (tertiary/aromatic N) is 2. The fourth-order valence-electron chi connectivity index (χ4n) is 1.71. The van der Waals surface area contributed by atoms with E-state index in [-0.39, 0.29) is 12.1 Å². The van der Waals surface area contributed by atoms with Gasteiger partial charge in [0.2, 0.25) is 0 Å². The van der Waals surface area contributed by atoms with Crippen LogP contribution in [-0.4, -0.2) is 47.3 Å². The summed E-state index contributed by atoms with van der Waals surface area (Å²) in [7, 11) is 1.67. The Morgan fingerprint density at radius 3 is 2.94 bits per heavy atom. The predicted molar refractivity (Wildman–Crippen MR) is 69.9 cm³/mol. The lowest BCUT2D eigenvalue weighted by molar-refractivity contribution is 0.0974. The predicted octanol–water partition coefficient (Wildman–Crippen LogP) is 1.02. The van der Waals surface area contributed by atoms with Gasteiger partial charge >= 0.3 is 0 Å². The Morgan fingerprint density at radius 1 is 1.65 bits per heavy atom. The molecule has 98 valence electrons. The normalized spacial score (nSPS) is 14.8. The summed E-state index contributed by atoms with van der Waals surface area (Å²) < 4.78 is 8.01. The van der Waals surface area contributed by atoms with Crippen LogP contribution < -0.4 is 5.32 Å². The number of hydrogen-bond acceptors (Lipinski definition) is 4. The minimum absolute atomic E-state index is 0.153. The average Bonchev–Trinajstić information content (AvgIpc) is 2.65. The van der Waals surface area contributed by atoms with Crippen LogP contribution in [-0.2, 0) is 11.3 Å². The molecule has 1 rings (SSSR count). The smallest absolute Gasteiger partial charge is 0.0642 e. The first kappa shape index (κ1) is 14.6. The molecule has 0 aliphatic heterocycles. The summed E-state index contributed by atoms with van der Waals surface area (Å²) in [6.07, 6.45) is 4.37. The Balaban J connectivity index is 2.36. The first-order valence-electron chi connectivity index (χ1n) is 5.62. The topological polar surface area (TPSA) is 59.3 Å². The van der Waals surface area contributed by atoms with Gasteiger partial charge in [-0.05, 0) is 29.3 Å². The van der Waals surface area contributed by atoms with Crippen LogP contribution in [0.4, 0.5) is 0 Å². The Hall–Kier alpha value is -0.430. The largest absolute Gasteiger partial charge is 0.396 e. The van der Waals surface area contributed by atoms with Gasteiger partial charge in [0, 0.05) is 32.0 Å². The molecule has 0 aliphatic carbocycles. The maximum Gasteiger partial charge on any atom is 0.0642 e. The number of hydrogen-bond donors (Lipinski definition) is 2. The maximum atomic E-state index is 9.03. The molecular formula is C11H20BrN3O2. The van der Waals surface area contributed by atoms with Crippen LogP contribution in [0.25, 0.3) is 0 Å². The molecule has 0 spiro atoms. The summed E-state index contributed by atoms with van der Waals surface area (Å²) in [4.78, 5) is 0. The van der Waals surface area contributed by atoms with Gasteiger partial charge in [-0.2, -0.15) is 5.10 Å². The molecule has 0 saturated carbocycles. The molecule has 0 radical (unpaired) electrons. The number of aliphatic hydroxyl groups is 1. The van der Waals surface area contributed by atoms with Gasteiger partial charge in [0.05, 0.1) is 23.8 Å². The average molecular weight is 306 g/mol. The lowest BCUT2D eigenvalue weighted by Crippen LogP contribution is -2.48. The summed E-state index contributed by atoms with van der Waals surface area (Å²) in [6, 6.07) is 0. The second-order valence-corrected chi connectivity index (χ2v) is 5.23. The van der Waals surface area contributed by atoms with Gasteiger partial charge in [-0.3, -0.25) is 4.68 Å². The molecule has 2 N–H and O–H groups in total. The summed E-state index contributed by atoms with van der Waals surface area (Å²) in [5.74, 6) is 0. The first-order valence-corrected chi connectivity index (χ1v) is 6.42. The van der Waals surface area contributed by atoms with Gasteiger partial charge in [-0.1, -0.05) is 0 Å². The molecule has 6 heteroatoms. The van der Waals surface area contributed by atoms with Crippen LogP contribution in [0.15, 0.2) is 16.9 Å². The highest BCUT2D eigenvalue weighted by Crippen LogP contribution is 2.10. The van der Waals surface area contributed by atoms with Crippen molar-refractivity contribution < 1.29 is 9.84 Å². The molecule has 0 amide bonds. The van der Waals surface area contributed by atoms with Crippen molar-refractivity contribution in [2.24, 2.45) is 0 Å². The van der Waals surface area contributed by atoms with Crippen LogP contribution in [0.1, 0.15) is 13.3 Å². The number of aromatic nitrogens is 2. The van der Waals surface area contributed by atoms with Crippen LogP contribution in [0.5, 0.6) is 0 Å². The lowest BCUT2D eigenvalue weighted by atomic mass is 9.99. The zero-order chi connectivity index (χ0) is 12.7. The SMILES string of the molecule is COCC(C)(CCO)NCCn1cc(Br)cn1. The molecule has 17 heavy (non-hydrogen) atoms. The van der Waals surface area contributed by atoms with Crippen molar-refractivity contribution in [3.8, 4) is 0 Å². The highest BCUT2D eigenvalue weighted by atomic mass is 79.9. The van der Waals surface area contributed by atoms with E-state index >= 15 is 0 Å². The molecule has 0 saturated heterocycles. The van der Waals surface area contributed by atoms with Gasteiger partial charge < -0.3 is 15.2 Å². The van der Waals surface area contributed by atoms with E-state index in [0.717, 1.165) is 17.6 Å². The summed E-state index contributed by atoms with van der Waals surface area (Å²) >= 11 is 3.36. The summed E-state index contributed by atoms with van der Waals surface area (Å²) in [6.45, 7) is 4.35. The molecule has 0 aromatic carbocycles. The van der Waals surface area contributed by atoms with Crippen molar-refractivity contribution in [2.45, 2.75) is 25.4 Å². The third kappa shape index (κ3) is 5.16. The van der Waals surface area contributed by atoms with Crippen molar-refractivity contribution in [1.82, 2.24) is 15.1 Å². The van der Waals surface area contributed by atoms with Crippen molar-refractivity contribution in [2.75, 3.05) is 26.9 Å². The second kappa shape index (κ2) is 7.10. The zero-order valence-corrected chi connectivity index (χ0v) is 11.9. The highest BCUT2D eigenvalue weighted by molar-refractivity contribution is 9.10. The monoisotopic (exact) mass is 305 g/mol. The Bertz CT molecular complexity index is 324. The number of nitrogens with one attached hydrogen (secondary N) is 1. The van der Waals surface area contributed by atoms with Crippen LogP contribution >= 0.6 is 15.9 Å². The minimum Gasteiger partial charge on any atom is -0.396 e. The Kier molecular flexibility index (Phi) is 6.11. The molecule has 1 heterocycles. The van der Waals surface area contributed by atoms with Crippen LogP contribution in [0.3, 0.4) is 0 Å². The number of methoxy groups -OCH3 is 1. The summed E-state index contributed by atoms with van der Waals surface area (Å²) in [5.41, 5.74) is -0.187. The van der Waals surface area contributed by atoms with E-state index in [0.29, 0.717) is 13.0 Å². The molecule has 1 aromatic heterocycles. The van der Waals surface area contributed by atoms with E-state index in [1.54, 1.807) is 13.3 Å². The Labute approximate surface area is 110 Å². The van der Waals surface area contributed by atoms with Crippen molar-refractivity contribution in [3.63, 3.8) is 0 Å². The van der Waals surface area contributed by atoms with E-state index in [4.69, 9.17) is 9.84 Å². The van der Waals surface area contributed by atoms with Gasteiger partial charge in [-0.15, -0.1) is 0 Å². The summed E-state index contributed by atoms with van der Waals surface area (Å²) in [5, 5.41) is 16.6. The minimum atomic E-state index is -0.187. The van der Waals surface area contributed by atoms with Crippen LogP contribution in [0, 0.1) is 0 Å². The van der Waals surface area contributed by atoms with Crippen molar-refractivity contribution in [3.05, 3.63) is 16.9 Å². The van der Waals surface area contributed by atoms with E-state index in [1.165, 1.54) is 0 Å². The van der Waals surface area contributed by atoms with Gasteiger partial charge in [0.25, 0.3) is 0 Å². The van der Waals surface area contributed by atoms with E-state index in [1.807, 2.05) is 17.8 Å². The molecule has 0 bridgehead atoms. The fourth-order valence-corrected chi connectivity index (χ4v) is 2.04. The molecule has 1 atom stereocenters. The van der Waals surface area contributed by atoms with E-state index < -0.39 is 0 Å². The van der Waals surface area contributed by atoms with Crippen molar-refractivity contribution in [1.29, 1.82) is 0 Å². The Morgan fingerprint density at radius 2 is 2.41 bits per heavy atom. The second-order valence-electron chi connectivity index (χ2n) is 4.32. The maximum absolute atomic E-state index is 9.03. The standard InChI is InChI=1S/C11H20BrN3O2/c1-11(3-6-16,9-17-2)13-4-5-15-8-10(12)7-14-15/h7-8,13,16H,3-6,9H2,1-2H3. The van der Waals surface area contributed by atoms with E-state index in [9.17, 15) is 0 Å². The van der Waals surface area contributed by atoms with Gasteiger partial charge in [0.15, 0.2) is 0 Å². The molecule has 0 fully saturated rings. The van der Waals surface area contributed by atoms with Gasteiger partial charge in [-0.25, -0.2) is 0 Å². The zero-order valence-electron chi connectivity index (χ0n) is 10.3. The number of ether oxygens (including phenoxy) is 1. The highest BCUT2D eigenvalue weighted by Gasteiger charge is 2.22. The van der Waals surface area contributed by atoms with Gasteiger partial charge in [0.1, 0.15) is 0 Å². The third-order valence-corrected chi connectivity index (χ3v) is 3.03. The molecule has 1 unspecified atom stereocenters.